The molecule has 0 aliphatic rings. The number of ether oxygens (including phenoxy) is 1. The molecule has 0 atom stereocenters. The Morgan fingerprint density at radius 2 is 1.93 bits per heavy atom. The van der Waals surface area contributed by atoms with Gasteiger partial charge in [-0.2, -0.15) is 0 Å². The number of fused-ring (bicyclic) bond motifs is 1. The zero-order valence-electron chi connectivity index (χ0n) is 8.37. The predicted octanol–water partition coefficient (Wildman–Crippen LogP) is 2.74. The minimum absolute atomic E-state index is 0.698. The summed E-state index contributed by atoms with van der Waals surface area (Å²) in [6.07, 6.45) is 0. The van der Waals surface area contributed by atoms with Crippen LogP contribution in [0.4, 0.5) is 5.69 Å². The molecule has 0 unspecified atom stereocenters. The number of rotatable bonds is 1. The van der Waals surface area contributed by atoms with Crippen molar-refractivity contribution in [3.8, 4) is 5.75 Å². The first kappa shape index (κ1) is 8.88. The first-order valence-electron chi connectivity index (χ1n) is 4.56. The van der Waals surface area contributed by atoms with Crippen molar-refractivity contribution in [2.75, 3.05) is 12.8 Å². The molecule has 0 fully saturated rings. The summed E-state index contributed by atoms with van der Waals surface area (Å²) in [4.78, 5) is 0. The third-order valence-corrected chi connectivity index (χ3v) is 2.48. The Morgan fingerprint density at radius 3 is 2.64 bits per heavy atom. The number of hydrogen-bond acceptors (Lipinski definition) is 2. The minimum Gasteiger partial charge on any atom is -0.494 e. The van der Waals surface area contributed by atoms with Crippen molar-refractivity contribution in [1.82, 2.24) is 0 Å². The molecule has 0 aliphatic heterocycles. The van der Waals surface area contributed by atoms with E-state index in [1.54, 1.807) is 7.11 Å². The number of hydrogen-bond donors (Lipinski definition) is 1. The molecule has 0 aromatic heterocycles. The van der Waals surface area contributed by atoms with Crippen molar-refractivity contribution in [2.45, 2.75) is 6.92 Å². The van der Waals surface area contributed by atoms with E-state index in [2.05, 4.69) is 12.1 Å². The van der Waals surface area contributed by atoms with E-state index in [0.717, 1.165) is 16.7 Å². The quantitative estimate of drug-likeness (QED) is 0.697. The molecule has 0 amide bonds. The molecule has 0 spiro atoms. The van der Waals surface area contributed by atoms with Gasteiger partial charge in [-0.05, 0) is 23.8 Å². The second kappa shape index (κ2) is 3.22. The summed E-state index contributed by atoms with van der Waals surface area (Å²) in [6, 6.07) is 10.1. The van der Waals surface area contributed by atoms with E-state index in [9.17, 15) is 0 Å². The van der Waals surface area contributed by atoms with Crippen molar-refractivity contribution in [1.29, 1.82) is 0 Å². The molecule has 0 bridgehead atoms. The van der Waals surface area contributed by atoms with Gasteiger partial charge < -0.3 is 10.5 Å². The van der Waals surface area contributed by atoms with Crippen LogP contribution >= 0.6 is 0 Å². The van der Waals surface area contributed by atoms with Crippen LogP contribution in [0.25, 0.3) is 10.8 Å². The highest BCUT2D eigenvalue weighted by atomic mass is 16.5. The maximum atomic E-state index is 5.87. The number of nitrogens with two attached hydrogens (primary N) is 1. The number of aryl methyl sites for hydroxylation is 1. The molecule has 0 saturated heterocycles. The SMILES string of the molecule is COc1c(N)cc2ccccc2c1C. The van der Waals surface area contributed by atoms with E-state index in [0.29, 0.717) is 5.69 Å². The average Bonchev–Trinajstić information content (AvgIpc) is 2.18. The second-order valence-electron chi connectivity index (χ2n) is 3.35. The summed E-state index contributed by atoms with van der Waals surface area (Å²) in [5.74, 6) is 0.781. The zero-order chi connectivity index (χ0) is 10.1. The molecule has 14 heavy (non-hydrogen) atoms. The first-order chi connectivity index (χ1) is 6.74. The molecule has 2 rings (SSSR count). The molecular weight excluding hydrogens is 174 g/mol. The Hall–Kier alpha value is -1.70. The van der Waals surface area contributed by atoms with Crippen LogP contribution in [0.5, 0.6) is 5.75 Å². The predicted molar refractivity (Wildman–Crippen MR) is 59.6 cm³/mol. The topological polar surface area (TPSA) is 35.2 Å². The summed E-state index contributed by atoms with van der Waals surface area (Å²) in [5, 5.41) is 2.35. The Morgan fingerprint density at radius 1 is 1.21 bits per heavy atom. The fraction of sp³-hybridized carbons (Fsp3) is 0.167. The molecule has 0 heterocycles. The lowest BCUT2D eigenvalue weighted by Crippen LogP contribution is -1.95. The van der Waals surface area contributed by atoms with Crippen molar-refractivity contribution >= 4 is 16.5 Å². The maximum Gasteiger partial charge on any atom is 0.145 e. The normalized spacial score (nSPS) is 10.4. The Labute approximate surface area is 83.3 Å². The molecule has 2 N–H and O–H groups in total. The zero-order valence-corrected chi connectivity index (χ0v) is 8.37. The monoisotopic (exact) mass is 187 g/mol. The Bertz CT molecular complexity index is 477. The van der Waals surface area contributed by atoms with Gasteiger partial charge in [0.1, 0.15) is 5.75 Å². The second-order valence-corrected chi connectivity index (χ2v) is 3.35. The smallest absolute Gasteiger partial charge is 0.145 e. The minimum atomic E-state index is 0.698. The summed E-state index contributed by atoms with van der Waals surface area (Å²) in [5.41, 5.74) is 7.67. The van der Waals surface area contributed by atoms with Gasteiger partial charge in [-0.15, -0.1) is 0 Å². The van der Waals surface area contributed by atoms with Crippen molar-refractivity contribution in [3.63, 3.8) is 0 Å². The van der Waals surface area contributed by atoms with Crippen molar-refractivity contribution in [3.05, 3.63) is 35.9 Å². The van der Waals surface area contributed by atoms with Gasteiger partial charge in [0.2, 0.25) is 0 Å². The average molecular weight is 187 g/mol. The molecular formula is C12H13NO. The van der Waals surface area contributed by atoms with Gasteiger partial charge in [0.05, 0.1) is 12.8 Å². The van der Waals surface area contributed by atoms with Crippen LogP contribution in [-0.2, 0) is 0 Å². The summed E-state index contributed by atoms with van der Waals surface area (Å²) < 4.78 is 5.26. The number of nitrogen functional groups attached to an aromatic ring is 1. The van der Waals surface area contributed by atoms with Crippen molar-refractivity contribution in [2.24, 2.45) is 0 Å². The van der Waals surface area contributed by atoms with Gasteiger partial charge in [0.15, 0.2) is 0 Å². The fourth-order valence-electron chi connectivity index (χ4n) is 1.81. The first-order valence-corrected chi connectivity index (χ1v) is 4.56. The molecule has 0 aliphatic carbocycles. The molecule has 2 aromatic rings. The standard InChI is InChI=1S/C12H13NO/c1-8-10-6-4-3-5-9(10)7-11(13)12(8)14-2/h3-7H,13H2,1-2H3. The summed E-state index contributed by atoms with van der Waals surface area (Å²) in [6.45, 7) is 2.03. The van der Waals surface area contributed by atoms with Gasteiger partial charge in [0, 0.05) is 5.56 Å². The van der Waals surface area contributed by atoms with E-state index in [4.69, 9.17) is 10.5 Å². The Kier molecular flexibility index (Phi) is 2.04. The summed E-state index contributed by atoms with van der Waals surface area (Å²) >= 11 is 0. The van der Waals surface area contributed by atoms with Crippen LogP contribution < -0.4 is 10.5 Å². The van der Waals surface area contributed by atoms with E-state index in [1.165, 1.54) is 5.39 Å². The number of anilines is 1. The van der Waals surface area contributed by atoms with Crippen molar-refractivity contribution < 1.29 is 4.74 Å². The third kappa shape index (κ3) is 1.20. The fourth-order valence-corrected chi connectivity index (χ4v) is 1.81. The van der Waals surface area contributed by atoms with Gasteiger partial charge in [-0.1, -0.05) is 24.3 Å². The molecule has 0 saturated carbocycles. The summed E-state index contributed by atoms with van der Waals surface area (Å²) in [7, 11) is 1.65. The van der Waals surface area contributed by atoms with Crippen LogP contribution in [0.3, 0.4) is 0 Å². The highest BCUT2D eigenvalue weighted by Gasteiger charge is 2.07. The number of benzene rings is 2. The molecule has 2 aromatic carbocycles. The maximum absolute atomic E-state index is 5.87. The largest absolute Gasteiger partial charge is 0.494 e. The lowest BCUT2D eigenvalue weighted by Gasteiger charge is -2.11. The number of methoxy groups -OCH3 is 1. The van der Waals surface area contributed by atoms with Gasteiger partial charge in [-0.25, -0.2) is 0 Å². The van der Waals surface area contributed by atoms with E-state index < -0.39 is 0 Å². The molecule has 2 nitrogen and oxygen atoms in total. The lowest BCUT2D eigenvalue weighted by atomic mass is 10.0. The Balaban J connectivity index is 2.86. The van der Waals surface area contributed by atoms with Crippen LogP contribution in [0.15, 0.2) is 30.3 Å². The third-order valence-electron chi connectivity index (χ3n) is 2.48. The van der Waals surface area contributed by atoms with E-state index in [-0.39, 0.29) is 0 Å². The highest BCUT2D eigenvalue weighted by molar-refractivity contribution is 5.91. The van der Waals surface area contributed by atoms with Crippen LogP contribution in [-0.4, -0.2) is 7.11 Å². The lowest BCUT2D eigenvalue weighted by molar-refractivity contribution is 0.414. The molecule has 2 heteroatoms. The van der Waals surface area contributed by atoms with Gasteiger partial charge >= 0.3 is 0 Å². The van der Waals surface area contributed by atoms with E-state index >= 15 is 0 Å². The molecule has 0 radical (unpaired) electrons. The van der Waals surface area contributed by atoms with E-state index in [1.807, 2.05) is 25.1 Å². The van der Waals surface area contributed by atoms with Gasteiger partial charge in [-0.3, -0.25) is 0 Å². The van der Waals surface area contributed by atoms with Crippen LogP contribution in [0.2, 0.25) is 0 Å². The highest BCUT2D eigenvalue weighted by Crippen LogP contribution is 2.32. The van der Waals surface area contributed by atoms with Gasteiger partial charge in [0.25, 0.3) is 0 Å². The van der Waals surface area contributed by atoms with Crippen LogP contribution in [0.1, 0.15) is 5.56 Å². The molecule has 72 valence electrons. The van der Waals surface area contributed by atoms with Crippen LogP contribution in [0, 0.1) is 6.92 Å².